The van der Waals surface area contributed by atoms with E-state index in [9.17, 15) is 4.79 Å². The van der Waals surface area contributed by atoms with Gasteiger partial charge >= 0.3 is 5.97 Å². The van der Waals surface area contributed by atoms with E-state index in [0.29, 0.717) is 0 Å². The van der Waals surface area contributed by atoms with Crippen molar-refractivity contribution in [1.82, 2.24) is 10.0 Å². The Bertz CT molecular complexity index is 469. The van der Waals surface area contributed by atoms with Gasteiger partial charge in [0.1, 0.15) is 6.10 Å². The zero-order valence-corrected chi connectivity index (χ0v) is 12.7. The van der Waals surface area contributed by atoms with Crippen molar-refractivity contribution in [2.75, 3.05) is 26.2 Å². The van der Waals surface area contributed by atoms with Crippen LogP contribution in [0.15, 0.2) is 30.3 Å². The lowest BCUT2D eigenvalue weighted by atomic mass is 9.94. The number of ether oxygens (including phenoxy) is 1. The van der Waals surface area contributed by atoms with Gasteiger partial charge in [0.2, 0.25) is 0 Å². The molecule has 3 fully saturated rings. The third-order valence-corrected chi connectivity index (χ3v) is 4.59. The van der Waals surface area contributed by atoms with Crippen molar-refractivity contribution < 1.29 is 9.53 Å². The van der Waals surface area contributed by atoms with Gasteiger partial charge < -0.3 is 4.74 Å². The Hall–Kier alpha value is -1.39. The summed E-state index contributed by atoms with van der Waals surface area (Å²) in [6.07, 6.45) is 3.39. The summed E-state index contributed by atoms with van der Waals surface area (Å²) >= 11 is 0. The first-order valence-corrected chi connectivity index (χ1v) is 7.94. The van der Waals surface area contributed by atoms with Crippen LogP contribution >= 0.6 is 0 Å². The van der Waals surface area contributed by atoms with Gasteiger partial charge in [0, 0.05) is 39.5 Å². The molecule has 0 radical (unpaired) electrons. The Morgan fingerprint density at radius 2 is 2.00 bits per heavy atom. The standard InChI is InChI=1S/C17H24N2O2/c1-14(20)21-17(16-5-3-2-4-6-16)9-12-19-13-15-7-10-18(19)11-8-15/h2-6,15,17H,7-13H2,1H3/t17-/m1/s1. The maximum Gasteiger partial charge on any atom is 0.303 e. The molecule has 21 heavy (non-hydrogen) atoms. The molecule has 3 saturated heterocycles. The smallest absolute Gasteiger partial charge is 0.303 e. The number of carbonyl (C=O) groups excluding carboxylic acids is 1. The molecule has 0 amide bonds. The van der Waals surface area contributed by atoms with Crippen LogP contribution in [0, 0.1) is 5.92 Å². The van der Waals surface area contributed by atoms with Gasteiger partial charge in [-0.2, -0.15) is 0 Å². The molecular formula is C17H24N2O2. The summed E-state index contributed by atoms with van der Waals surface area (Å²) < 4.78 is 5.52. The first-order chi connectivity index (χ1) is 10.2. The molecule has 0 saturated carbocycles. The summed E-state index contributed by atoms with van der Waals surface area (Å²) in [5.41, 5.74) is 1.09. The van der Waals surface area contributed by atoms with E-state index >= 15 is 0 Å². The molecule has 0 aromatic heterocycles. The van der Waals surface area contributed by atoms with E-state index in [1.807, 2.05) is 30.3 Å². The molecule has 1 aromatic carbocycles. The number of nitrogens with zero attached hydrogens (tertiary/aromatic N) is 2. The van der Waals surface area contributed by atoms with E-state index in [1.165, 1.54) is 39.4 Å². The van der Waals surface area contributed by atoms with Crippen LogP contribution in [0.5, 0.6) is 0 Å². The summed E-state index contributed by atoms with van der Waals surface area (Å²) in [5.74, 6) is 0.656. The second kappa shape index (κ2) is 6.58. The Balaban J connectivity index is 1.61. The SMILES string of the molecule is CC(=O)O[C@H](CCN1CC2CCN1CC2)c1ccccc1. The van der Waals surface area contributed by atoms with Gasteiger partial charge in [0.15, 0.2) is 0 Å². The van der Waals surface area contributed by atoms with Crippen LogP contribution in [0.2, 0.25) is 0 Å². The van der Waals surface area contributed by atoms with Gasteiger partial charge in [0.25, 0.3) is 0 Å². The molecule has 3 aliphatic rings. The monoisotopic (exact) mass is 288 g/mol. The number of hydrogen-bond donors (Lipinski definition) is 0. The number of rotatable bonds is 5. The van der Waals surface area contributed by atoms with Gasteiger partial charge in [0.05, 0.1) is 0 Å². The summed E-state index contributed by atoms with van der Waals surface area (Å²) in [5, 5.41) is 4.92. The molecule has 4 rings (SSSR count). The van der Waals surface area contributed by atoms with E-state index in [2.05, 4.69) is 10.0 Å². The van der Waals surface area contributed by atoms with Crippen LogP contribution in [0.25, 0.3) is 0 Å². The zero-order chi connectivity index (χ0) is 14.7. The van der Waals surface area contributed by atoms with Crippen LogP contribution in [0.3, 0.4) is 0 Å². The molecule has 0 aliphatic carbocycles. The molecule has 114 valence electrons. The summed E-state index contributed by atoms with van der Waals surface area (Å²) in [7, 11) is 0. The number of benzene rings is 1. The number of hydrazine groups is 1. The van der Waals surface area contributed by atoms with Crippen LogP contribution in [-0.4, -0.2) is 42.2 Å². The average molecular weight is 288 g/mol. The Kier molecular flexibility index (Phi) is 4.56. The summed E-state index contributed by atoms with van der Waals surface area (Å²) in [6.45, 7) is 6.00. The van der Waals surface area contributed by atoms with Crippen LogP contribution in [-0.2, 0) is 9.53 Å². The van der Waals surface area contributed by atoms with E-state index in [0.717, 1.165) is 24.4 Å². The van der Waals surface area contributed by atoms with E-state index in [-0.39, 0.29) is 12.1 Å². The van der Waals surface area contributed by atoms with Crippen molar-refractivity contribution in [2.24, 2.45) is 5.92 Å². The highest BCUT2D eigenvalue weighted by atomic mass is 16.5. The number of fused-ring (bicyclic) bond motifs is 3. The van der Waals surface area contributed by atoms with Crippen LogP contribution < -0.4 is 0 Å². The number of carbonyl (C=O) groups is 1. The average Bonchev–Trinajstić information content (AvgIpc) is 2.53. The largest absolute Gasteiger partial charge is 0.458 e. The number of hydrogen-bond acceptors (Lipinski definition) is 4. The molecule has 3 heterocycles. The molecule has 1 atom stereocenters. The predicted octanol–water partition coefficient (Wildman–Crippen LogP) is 2.62. The zero-order valence-electron chi connectivity index (χ0n) is 12.7. The van der Waals surface area contributed by atoms with Crippen molar-refractivity contribution in [3.8, 4) is 0 Å². The maximum atomic E-state index is 11.4. The van der Waals surface area contributed by atoms with E-state index < -0.39 is 0 Å². The third kappa shape index (κ3) is 3.63. The van der Waals surface area contributed by atoms with Gasteiger partial charge in [-0.25, -0.2) is 10.0 Å². The first-order valence-electron chi connectivity index (χ1n) is 7.94. The predicted molar refractivity (Wildman–Crippen MR) is 81.4 cm³/mol. The summed E-state index contributed by atoms with van der Waals surface area (Å²) in [6, 6.07) is 10.1. The molecule has 0 N–H and O–H groups in total. The van der Waals surface area contributed by atoms with Gasteiger partial charge in [-0.05, 0) is 24.3 Å². The van der Waals surface area contributed by atoms with Crippen molar-refractivity contribution in [3.63, 3.8) is 0 Å². The van der Waals surface area contributed by atoms with Crippen molar-refractivity contribution in [1.29, 1.82) is 0 Å². The highest BCUT2D eigenvalue weighted by molar-refractivity contribution is 5.66. The second-order valence-electron chi connectivity index (χ2n) is 6.11. The van der Waals surface area contributed by atoms with Gasteiger partial charge in [-0.1, -0.05) is 30.3 Å². The van der Waals surface area contributed by atoms with E-state index in [4.69, 9.17) is 4.74 Å². The molecule has 0 spiro atoms. The lowest BCUT2D eigenvalue weighted by Gasteiger charge is -2.48. The third-order valence-electron chi connectivity index (χ3n) is 4.59. The van der Waals surface area contributed by atoms with Crippen molar-refractivity contribution >= 4 is 5.97 Å². The van der Waals surface area contributed by atoms with E-state index in [1.54, 1.807) is 0 Å². The fourth-order valence-corrected chi connectivity index (χ4v) is 3.46. The molecule has 4 heteroatoms. The second-order valence-corrected chi connectivity index (χ2v) is 6.11. The summed E-state index contributed by atoms with van der Waals surface area (Å²) in [4.78, 5) is 11.4. The molecule has 1 aromatic rings. The molecule has 3 aliphatic heterocycles. The lowest BCUT2D eigenvalue weighted by molar-refractivity contribution is -0.149. The minimum Gasteiger partial charge on any atom is -0.458 e. The maximum absolute atomic E-state index is 11.4. The normalized spacial score (nSPS) is 26.5. The Morgan fingerprint density at radius 1 is 1.29 bits per heavy atom. The number of esters is 1. The number of piperidine rings is 1. The Labute approximate surface area is 126 Å². The van der Waals surface area contributed by atoms with Gasteiger partial charge in [-0.15, -0.1) is 0 Å². The van der Waals surface area contributed by atoms with Gasteiger partial charge in [-0.3, -0.25) is 4.79 Å². The van der Waals surface area contributed by atoms with Crippen LogP contribution in [0.1, 0.15) is 37.9 Å². The minimum absolute atomic E-state index is 0.134. The molecular weight excluding hydrogens is 264 g/mol. The fourth-order valence-electron chi connectivity index (χ4n) is 3.46. The highest BCUT2D eigenvalue weighted by Gasteiger charge is 2.32. The minimum atomic E-state index is -0.204. The van der Waals surface area contributed by atoms with Crippen molar-refractivity contribution in [3.05, 3.63) is 35.9 Å². The van der Waals surface area contributed by atoms with Crippen LogP contribution in [0.4, 0.5) is 0 Å². The molecule has 4 nitrogen and oxygen atoms in total. The topological polar surface area (TPSA) is 32.8 Å². The fraction of sp³-hybridized carbons (Fsp3) is 0.588. The van der Waals surface area contributed by atoms with Crippen molar-refractivity contribution in [2.45, 2.75) is 32.3 Å². The quantitative estimate of drug-likeness (QED) is 0.780. The Morgan fingerprint density at radius 3 is 2.57 bits per heavy atom. The lowest BCUT2D eigenvalue weighted by Crippen LogP contribution is -2.56. The molecule has 2 bridgehead atoms. The molecule has 0 unspecified atom stereocenters. The first kappa shape index (κ1) is 14.5. The highest BCUT2D eigenvalue weighted by Crippen LogP contribution is 2.28.